The van der Waals surface area contributed by atoms with Gasteiger partial charge in [-0.2, -0.15) is 0 Å². The van der Waals surface area contributed by atoms with E-state index in [0.717, 1.165) is 22.0 Å². The van der Waals surface area contributed by atoms with Crippen LogP contribution in [0.3, 0.4) is 0 Å². The molecule has 0 atom stereocenters. The lowest BCUT2D eigenvalue weighted by Gasteiger charge is -2.05. The average Bonchev–Trinajstić information content (AvgIpc) is 2.67. The third-order valence-corrected chi connectivity index (χ3v) is 4.36. The van der Waals surface area contributed by atoms with Gasteiger partial charge in [-0.3, -0.25) is 0 Å². The number of aryl methyl sites for hydroxylation is 1. The highest BCUT2D eigenvalue weighted by Crippen LogP contribution is 2.32. The quantitative estimate of drug-likeness (QED) is 0.693. The normalized spacial score (nSPS) is 12.3. The molecule has 2 aromatic carbocycles. The van der Waals surface area contributed by atoms with Gasteiger partial charge in [-0.1, -0.05) is 24.3 Å². The molecule has 5 heteroatoms. The van der Waals surface area contributed by atoms with Crippen molar-refractivity contribution in [3.05, 3.63) is 42.1 Å². The third-order valence-electron chi connectivity index (χ3n) is 2.99. The minimum Gasteiger partial charge on any atom is -0.358 e. The molecule has 0 aliphatic heterocycles. The van der Waals surface area contributed by atoms with Gasteiger partial charge in [0.25, 0.3) is 9.05 Å². The maximum atomic E-state index is 11.7. The van der Waals surface area contributed by atoms with Crippen LogP contribution in [-0.2, 0) is 9.05 Å². The van der Waals surface area contributed by atoms with Crippen LogP contribution in [0.2, 0.25) is 0 Å². The molecule has 18 heavy (non-hydrogen) atoms. The first kappa shape index (κ1) is 11.6. The highest BCUT2D eigenvalue weighted by atomic mass is 35.7. The van der Waals surface area contributed by atoms with E-state index < -0.39 is 9.05 Å². The second-order valence-corrected chi connectivity index (χ2v) is 6.81. The Hall–Kier alpha value is -1.52. The van der Waals surface area contributed by atoms with E-state index in [-0.39, 0.29) is 4.90 Å². The van der Waals surface area contributed by atoms with Crippen LogP contribution in [0.4, 0.5) is 0 Å². The Bertz CT molecular complexity index is 865. The number of aromatic amines is 1. The van der Waals surface area contributed by atoms with Crippen molar-refractivity contribution in [2.24, 2.45) is 0 Å². The average molecular weight is 280 g/mol. The minimum absolute atomic E-state index is 0.159. The molecule has 0 fully saturated rings. The summed E-state index contributed by atoms with van der Waals surface area (Å²) in [6.45, 7) is 1.93. The summed E-state index contributed by atoms with van der Waals surface area (Å²) in [5, 5.41) is 2.36. The zero-order chi connectivity index (χ0) is 12.9. The van der Waals surface area contributed by atoms with Gasteiger partial charge in [0.1, 0.15) is 0 Å². The molecule has 92 valence electrons. The zero-order valence-corrected chi connectivity index (χ0v) is 11.1. The van der Waals surface area contributed by atoms with E-state index in [0.29, 0.717) is 5.39 Å². The molecule has 3 aromatic rings. The second kappa shape index (κ2) is 3.73. The van der Waals surface area contributed by atoms with Crippen molar-refractivity contribution in [1.82, 2.24) is 4.98 Å². The summed E-state index contributed by atoms with van der Waals surface area (Å²) in [6, 6.07) is 10.9. The van der Waals surface area contributed by atoms with Crippen molar-refractivity contribution in [1.29, 1.82) is 0 Å². The molecule has 1 N–H and O–H groups in total. The Kier molecular flexibility index (Phi) is 2.40. The molecular formula is C13H10ClNO2S. The van der Waals surface area contributed by atoms with Crippen molar-refractivity contribution in [2.45, 2.75) is 11.8 Å². The van der Waals surface area contributed by atoms with Gasteiger partial charge in [-0.25, -0.2) is 8.42 Å². The number of hydrogen-bond donors (Lipinski definition) is 1. The lowest BCUT2D eigenvalue weighted by molar-refractivity contribution is 0.610. The number of benzene rings is 2. The fraction of sp³-hybridized carbons (Fsp3) is 0.0769. The molecule has 0 saturated heterocycles. The van der Waals surface area contributed by atoms with E-state index in [1.54, 1.807) is 18.2 Å². The first-order valence-corrected chi connectivity index (χ1v) is 7.73. The molecule has 0 aliphatic rings. The van der Waals surface area contributed by atoms with Crippen LogP contribution >= 0.6 is 10.7 Å². The molecule has 0 aliphatic carbocycles. The monoisotopic (exact) mass is 279 g/mol. The van der Waals surface area contributed by atoms with Gasteiger partial charge in [0.2, 0.25) is 0 Å². The van der Waals surface area contributed by atoms with Gasteiger partial charge in [-0.15, -0.1) is 0 Å². The zero-order valence-electron chi connectivity index (χ0n) is 9.57. The van der Waals surface area contributed by atoms with Gasteiger partial charge in [-0.05, 0) is 19.1 Å². The Balaban J connectivity index is 2.62. The molecule has 3 nitrogen and oxygen atoms in total. The predicted molar refractivity (Wildman–Crippen MR) is 73.6 cm³/mol. The highest BCUT2D eigenvalue weighted by Gasteiger charge is 2.17. The molecule has 0 bridgehead atoms. The number of halogens is 1. The number of fused-ring (bicyclic) bond motifs is 3. The van der Waals surface area contributed by atoms with E-state index in [4.69, 9.17) is 10.7 Å². The summed E-state index contributed by atoms with van der Waals surface area (Å²) in [7, 11) is 1.75. The van der Waals surface area contributed by atoms with E-state index in [2.05, 4.69) is 4.98 Å². The number of hydrogen-bond acceptors (Lipinski definition) is 2. The Morgan fingerprint density at radius 1 is 1.11 bits per heavy atom. The van der Waals surface area contributed by atoms with Gasteiger partial charge in [0.15, 0.2) is 0 Å². The summed E-state index contributed by atoms with van der Waals surface area (Å²) in [5.74, 6) is 0. The molecule has 0 radical (unpaired) electrons. The van der Waals surface area contributed by atoms with E-state index in [1.807, 2.05) is 25.1 Å². The second-order valence-electron chi connectivity index (χ2n) is 4.27. The summed E-state index contributed by atoms with van der Waals surface area (Å²) >= 11 is 0. The summed E-state index contributed by atoms with van der Waals surface area (Å²) in [6.07, 6.45) is 0. The molecule has 1 aromatic heterocycles. The smallest absolute Gasteiger partial charge is 0.261 e. The van der Waals surface area contributed by atoms with Crippen LogP contribution in [0.25, 0.3) is 21.7 Å². The highest BCUT2D eigenvalue weighted by molar-refractivity contribution is 8.14. The Morgan fingerprint density at radius 3 is 2.44 bits per heavy atom. The first-order valence-electron chi connectivity index (χ1n) is 5.42. The maximum Gasteiger partial charge on any atom is 0.261 e. The first-order chi connectivity index (χ1) is 8.47. The molecule has 0 saturated carbocycles. The van der Waals surface area contributed by atoms with Crippen molar-refractivity contribution in [3.63, 3.8) is 0 Å². The SMILES string of the molecule is Cc1cc2cc(S(=O)(=O)Cl)c3ccccc3c2[nH]1. The van der Waals surface area contributed by atoms with Gasteiger partial charge < -0.3 is 4.98 Å². The van der Waals surface area contributed by atoms with Crippen LogP contribution in [0.5, 0.6) is 0 Å². The van der Waals surface area contributed by atoms with Crippen molar-refractivity contribution in [2.75, 3.05) is 0 Å². The minimum atomic E-state index is -3.75. The topological polar surface area (TPSA) is 49.9 Å². The number of rotatable bonds is 1. The van der Waals surface area contributed by atoms with E-state index >= 15 is 0 Å². The fourth-order valence-electron chi connectivity index (χ4n) is 2.28. The maximum absolute atomic E-state index is 11.7. The number of nitrogens with one attached hydrogen (secondary N) is 1. The lowest BCUT2D eigenvalue weighted by atomic mass is 10.1. The molecule has 0 unspecified atom stereocenters. The van der Waals surface area contributed by atoms with Crippen LogP contribution in [0.15, 0.2) is 41.3 Å². The van der Waals surface area contributed by atoms with Crippen LogP contribution in [0.1, 0.15) is 5.69 Å². The van der Waals surface area contributed by atoms with Gasteiger partial charge >= 0.3 is 0 Å². The summed E-state index contributed by atoms with van der Waals surface area (Å²) in [5.41, 5.74) is 1.92. The number of aromatic nitrogens is 1. The molecule has 0 spiro atoms. The van der Waals surface area contributed by atoms with Gasteiger partial charge in [0.05, 0.1) is 10.4 Å². The molecule has 1 heterocycles. The summed E-state index contributed by atoms with van der Waals surface area (Å²) < 4.78 is 23.3. The standard InChI is InChI=1S/C13H10ClNO2S/c1-8-6-9-7-12(18(14,16)17)10-4-2-3-5-11(10)13(9)15-8/h2-7,15H,1H3. The Labute approximate surface area is 109 Å². The molecule has 0 amide bonds. The van der Waals surface area contributed by atoms with E-state index in [9.17, 15) is 8.42 Å². The number of H-pyrrole nitrogens is 1. The third kappa shape index (κ3) is 1.69. The van der Waals surface area contributed by atoms with Crippen molar-refractivity contribution >= 4 is 41.4 Å². The van der Waals surface area contributed by atoms with Gasteiger partial charge in [0, 0.05) is 32.5 Å². The van der Waals surface area contributed by atoms with Crippen LogP contribution in [0, 0.1) is 6.92 Å². The summed E-state index contributed by atoms with van der Waals surface area (Å²) in [4.78, 5) is 3.40. The molecular weight excluding hydrogens is 270 g/mol. The largest absolute Gasteiger partial charge is 0.358 e. The Morgan fingerprint density at radius 2 is 1.78 bits per heavy atom. The van der Waals surface area contributed by atoms with E-state index in [1.165, 1.54) is 0 Å². The fourth-order valence-corrected chi connectivity index (χ4v) is 3.38. The van der Waals surface area contributed by atoms with Crippen LogP contribution < -0.4 is 0 Å². The predicted octanol–water partition coefficient (Wildman–Crippen LogP) is 3.56. The van der Waals surface area contributed by atoms with Crippen molar-refractivity contribution in [3.8, 4) is 0 Å². The van der Waals surface area contributed by atoms with Crippen LogP contribution in [-0.4, -0.2) is 13.4 Å². The lowest BCUT2D eigenvalue weighted by Crippen LogP contribution is -1.92. The van der Waals surface area contributed by atoms with Crippen molar-refractivity contribution < 1.29 is 8.42 Å². The molecule has 3 rings (SSSR count).